The first-order chi connectivity index (χ1) is 10.2. The van der Waals surface area contributed by atoms with Gasteiger partial charge in [0.05, 0.1) is 18.5 Å². The van der Waals surface area contributed by atoms with E-state index in [4.69, 9.17) is 9.47 Å². The van der Waals surface area contributed by atoms with E-state index in [0.29, 0.717) is 19.3 Å². The number of hydrogen-bond acceptors (Lipinski definition) is 4. The van der Waals surface area contributed by atoms with Gasteiger partial charge in [-0.3, -0.25) is 4.21 Å². The van der Waals surface area contributed by atoms with Crippen molar-refractivity contribution in [3.63, 3.8) is 0 Å². The number of rotatable bonds is 8. The van der Waals surface area contributed by atoms with Crippen molar-refractivity contribution >= 4 is 10.8 Å². The Morgan fingerprint density at radius 1 is 1.19 bits per heavy atom. The van der Waals surface area contributed by atoms with E-state index in [-0.39, 0.29) is 5.25 Å². The van der Waals surface area contributed by atoms with Crippen LogP contribution in [-0.4, -0.2) is 46.8 Å². The molecular formula is C16H31NO3S. The summed E-state index contributed by atoms with van der Waals surface area (Å²) in [6, 6.07) is 0.353. The maximum absolute atomic E-state index is 12.7. The number of hydrogen-bond donors (Lipinski definition) is 1. The zero-order valence-corrected chi connectivity index (χ0v) is 14.4. The Hall–Kier alpha value is 0.0300. The van der Waals surface area contributed by atoms with Crippen LogP contribution in [0.2, 0.25) is 0 Å². The van der Waals surface area contributed by atoms with Crippen LogP contribution in [0, 0.1) is 0 Å². The normalized spacial score (nSPS) is 29.8. The lowest BCUT2D eigenvalue weighted by atomic mass is 9.89. The Morgan fingerprint density at radius 2 is 1.95 bits per heavy atom. The van der Waals surface area contributed by atoms with E-state index in [2.05, 4.69) is 19.2 Å². The average Bonchev–Trinajstić information content (AvgIpc) is 2.94. The van der Waals surface area contributed by atoms with E-state index in [0.717, 1.165) is 44.4 Å². The quantitative estimate of drug-likeness (QED) is 0.699. The second-order valence-electron chi connectivity index (χ2n) is 6.24. The van der Waals surface area contributed by atoms with Crippen molar-refractivity contribution in [1.82, 2.24) is 5.32 Å². The molecule has 0 aromatic heterocycles. The number of ether oxygens (including phenoxy) is 2. The molecule has 0 radical (unpaired) electrons. The predicted molar refractivity (Wildman–Crippen MR) is 86.9 cm³/mol. The van der Waals surface area contributed by atoms with Gasteiger partial charge in [0.1, 0.15) is 0 Å². The van der Waals surface area contributed by atoms with Crippen LogP contribution in [0.1, 0.15) is 58.8 Å². The lowest BCUT2D eigenvalue weighted by Gasteiger charge is -2.41. The molecule has 0 aromatic carbocycles. The summed E-state index contributed by atoms with van der Waals surface area (Å²) < 4.78 is 24.5. The molecule has 0 bridgehead atoms. The van der Waals surface area contributed by atoms with Gasteiger partial charge in [-0.25, -0.2) is 0 Å². The molecule has 1 N–H and O–H groups in total. The van der Waals surface area contributed by atoms with Crippen molar-refractivity contribution < 1.29 is 13.7 Å². The third-order valence-corrected chi connectivity index (χ3v) is 6.42. The molecule has 124 valence electrons. The highest BCUT2D eigenvalue weighted by Gasteiger charge is 2.46. The lowest BCUT2D eigenvalue weighted by Crippen LogP contribution is -2.53. The van der Waals surface area contributed by atoms with Gasteiger partial charge in [0, 0.05) is 35.4 Å². The van der Waals surface area contributed by atoms with Crippen molar-refractivity contribution in [3.05, 3.63) is 0 Å². The number of nitrogens with one attached hydrogen (secondary N) is 1. The van der Waals surface area contributed by atoms with E-state index < -0.39 is 16.6 Å². The number of unbranched alkanes of at least 4 members (excludes halogenated alkanes) is 2. The second kappa shape index (κ2) is 8.61. The summed E-state index contributed by atoms with van der Waals surface area (Å²) in [7, 11) is -0.786. The first-order valence-electron chi connectivity index (χ1n) is 8.59. The van der Waals surface area contributed by atoms with E-state index in [1.54, 1.807) is 0 Å². The van der Waals surface area contributed by atoms with E-state index >= 15 is 0 Å². The van der Waals surface area contributed by atoms with Crippen molar-refractivity contribution in [2.24, 2.45) is 0 Å². The first-order valence-corrected chi connectivity index (χ1v) is 9.97. The van der Waals surface area contributed by atoms with Crippen molar-refractivity contribution in [2.45, 2.75) is 75.9 Å². The van der Waals surface area contributed by atoms with Crippen LogP contribution in [0.4, 0.5) is 0 Å². The topological polar surface area (TPSA) is 47.6 Å². The molecule has 1 spiro atoms. The molecule has 2 rings (SSSR count). The van der Waals surface area contributed by atoms with Gasteiger partial charge in [-0.1, -0.05) is 26.7 Å². The van der Waals surface area contributed by atoms with Gasteiger partial charge in [0.15, 0.2) is 5.79 Å². The molecule has 0 amide bonds. The van der Waals surface area contributed by atoms with E-state index in [1.165, 1.54) is 12.8 Å². The summed E-state index contributed by atoms with van der Waals surface area (Å²) in [5.74, 6) is 0.383. The summed E-state index contributed by atoms with van der Waals surface area (Å²) in [5.41, 5.74) is 0. The second-order valence-corrected chi connectivity index (χ2v) is 8.02. The zero-order chi connectivity index (χ0) is 15.1. The van der Waals surface area contributed by atoms with Gasteiger partial charge >= 0.3 is 0 Å². The minimum Gasteiger partial charge on any atom is -0.347 e. The molecule has 5 heteroatoms. The third kappa shape index (κ3) is 4.75. The summed E-state index contributed by atoms with van der Waals surface area (Å²) in [5, 5.41) is 3.76. The zero-order valence-electron chi connectivity index (χ0n) is 13.6. The van der Waals surface area contributed by atoms with Crippen molar-refractivity contribution in [3.8, 4) is 0 Å². The Kier molecular flexibility index (Phi) is 7.13. The highest BCUT2D eigenvalue weighted by molar-refractivity contribution is 7.85. The van der Waals surface area contributed by atoms with Crippen LogP contribution in [0.25, 0.3) is 0 Å². The monoisotopic (exact) mass is 317 g/mol. The molecule has 1 aliphatic heterocycles. The predicted octanol–water partition coefficient (Wildman–Crippen LogP) is 2.59. The molecule has 0 aromatic rings. The van der Waals surface area contributed by atoms with Gasteiger partial charge in [-0.2, -0.15) is 0 Å². The maximum Gasteiger partial charge on any atom is 0.169 e. The van der Waals surface area contributed by atoms with Crippen LogP contribution in [0.15, 0.2) is 0 Å². The van der Waals surface area contributed by atoms with Crippen LogP contribution in [-0.2, 0) is 20.3 Å². The Balaban J connectivity index is 1.96. The molecule has 4 nitrogen and oxygen atoms in total. The van der Waals surface area contributed by atoms with Gasteiger partial charge in [-0.05, 0) is 25.8 Å². The van der Waals surface area contributed by atoms with Gasteiger partial charge in [0.2, 0.25) is 0 Å². The molecule has 1 saturated heterocycles. The fraction of sp³-hybridized carbons (Fsp3) is 1.00. The van der Waals surface area contributed by atoms with Gasteiger partial charge in [0.25, 0.3) is 0 Å². The summed E-state index contributed by atoms with van der Waals surface area (Å²) >= 11 is 0. The highest BCUT2D eigenvalue weighted by atomic mass is 32.2. The van der Waals surface area contributed by atoms with Crippen LogP contribution in [0.3, 0.4) is 0 Å². The Labute approximate surface area is 131 Å². The van der Waals surface area contributed by atoms with E-state index in [1.807, 2.05) is 0 Å². The maximum atomic E-state index is 12.7. The third-order valence-electron chi connectivity index (χ3n) is 4.55. The largest absolute Gasteiger partial charge is 0.347 e. The molecule has 21 heavy (non-hydrogen) atoms. The smallest absolute Gasteiger partial charge is 0.169 e. The fourth-order valence-corrected chi connectivity index (χ4v) is 5.19. The molecule has 3 atom stereocenters. The van der Waals surface area contributed by atoms with E-state index in [9.17, 15) is 4.21 Å². The van der Waals surface area contributed by atoms with Gasteiger partial charge in [-0.15, -0.1) is 0 Å². The Bertz CT molecular complexity index is 331. The highest BCUT2D eigenvalue weighted by Crippen LogP contribution is 2.38. The van der Waals surface area contributed by atoms with Crippen LogP contribution < -0.4 is 5.32 Å². The Morgan fingerprint density at radius 3 is 2.62 bits per heavy atom. The lowest BCUT2D eigenvalue weighted by molar-refractivity contribution is -0.178. The molecule has 2 fully saturated rings. The molecule has 3 unspecified atom stereocenters. The first kappa shape index (κ1) is 17.4. The molecular weight excluding hydrogens is 286 g/mol. The summed E-state index contributed by atoms with van der Waals surface area (Å²) in [6.07, 6.45) is 7.24. The van der Waals surface area contributed by atoms with Gasteiger partial charge < -0.3 is 14.8 Å². The van der Waals surface area contributed by atoms with Crippen molar-refractivity contribution in [1.29, 1.82) is 0 Å². The molecule has 2 aliphatic rings. The van der Waals surface area contributed by atoms with Crippen LogP contribution >= 0.6 is 0 Å². The van der Waals surface area contributed by atoms with Crippen molar-refractivity contribution in [2.75, 3.05) is 25.5 Å². The summed E-state index contributed by atoms with van der Waals surface area (Å²) in [6.45, 7) is 6.73. The van der Waals surface area contributed by atoms with Crippen LogP contribution in [0.5, 0.6) is 0 Å². The minimum atomic E-state index is -0.786. The fourth-order valence-electron chi connectivity index (χ4n) is 3.36. The molecule has 1 heterocycles. The SMILES string of the molecule is CCCCCS(=O)C1CC2(CCC1NCCC)OCCO2. The standard InChI is InChI=1S/C16H31NO3S/c1-3-5-6-12-21(18)15-13-16(19-10-11-20-16)8-7-14(15)17-9-4-2/h14-15,17H,3-13H2,1-2H3. The minimum absolute atomic E-state index is 0.167. The molecule has 1 saturated carbocycles. The molecule has 1 aliphatic carbocycles. The average molecular weight is 317 g/mol. The summed E-state index contributed by atoms with van der Waals surface area (Å²) in [4.78, 5) is 0.